The highest BCUT2D eigenvalue weighted by Crippen LogP contribution is 2.34. The minimum absolute atomic E-state index is 0.0314. The average molecular weight is 302 g/mol. The molecule has 0 unspecified atom stereocenters. The number of hydrogen-bond donors (Lipinski definition) is 1. The summed E-state index contributed by atoms with van der Waals surface area (Å²) in [6, 6.07) is 2.51. The van der Waals surface area contributed by atoms with Crippen LogP contribution in [0.25, 0.3) is 0 Å². The van der Waals surface area contributed by atoms with E-state index in [1.54, 1.807) is 0 Å². The average Bonchev–Trinajstić information content (AvgIpc) is 2.46. The van der Waals surface area contributed by atoms with Crippen molar-refractivity contribution in [3.05, 3.63) is 29.6 Å². The van der Waals surface area contributed by atoms with Crippen LogP contribution in [-0.4, -0.2) is 46.1 Å². The zero-order valence-corrected chi connectivity index (χ0v) is 10.9. The van der Waals surface area contributed by atoms with Crippen LogP contribution in [0.15, 0.2) is 18.3 Å². The van der Waals surface area contributed by atoms with Crippen molar-refractivity contribution in [3.8, 4) is 0 Å². The largest absolute Gasteiger partial charge is 0.477 e. The van der Waals surface area contributed by atoms with Gasteiger partial charge < -0.3 is 10.0 Å². The summed E-state index contributed by atoms with van der Waals surface area (Å²) in [4.78, 5) is 27.7. The van der Waals surface area contributed by atoms with Gasteiger partial charge in [0.15, 0.2) is 0 Å². The normalized spacial score (nSPS) is 16.8. The van der Waals surface area contributed by atoms with Gasteiger partial charge in [-0.25, -0.2) is 9.78 Å². The van der Waals surface area contributed by atoms with Crippen LogP contribution in [0.4, 0.5) is 13.2 Å². The van der Waals surface area contributed by atoms with E-state index in [0.29, 0.717) is 0 Å². The number of rotatable bonds is 2. The van der Waals surface area contributed by atoms with Crippen molar-refractivity contribution >= 4 is 11.9 Å². The summed E-state index contributed by atoms with van der Waals surface area (Å²) in [5.74, 6) is -3.01. The lowest BCUT2D eigenvalue weighted by Gasteiger charge is -2.32. The first kappa shape index (κ1) is 15.3. The molecule has 114 valence electrons. The lowest BCUT2D eigenvalue weighted by molar-refractivity contribution is -0.183. The summed E-state index contributed by atoms with van der Waals surface area (Å²) in [5.41, 5.74) is -0.0206. The number of pyridine rings is 1. The third kappa shape index (κ3) is 3.50. The Morgan fingerprint density at radius 1 is 1.24 bits per heavy atom. The molecule has 1 aliphatic heterocycles. The second kappa shape index (κ2) is 5.71. The smallest absolute Gasteiger partial charge is 0.391 e. The predicted molar refractivity (Wildman–Crippen MR) is 65.9 cm³/mol. The molecular formula is C13H13F3N2O3. The number of carbonyl (C=O) groups excluding carboxylic acids is 1. The number of carboxylic acids is 1. The summed E-state index contributed by atoms with van der Waals surface area (Å²) in [5, 5.41) is 8.70. The fourth-order valence-electron chi connectivity index (χ4n) is 2.24. The minimum Gasteiger partial charge on any atom is -0.477 e. The van der Waals surface area contributed by atoms with E-state index in [-0.39, 0.29) is 37.2 Å². The molecule has 1 amide bonds. The molecular weight excluding hydrogens is 289 g/mol. The molecule has 8 heteroatoms. The molecule has 0 radical (unpaired) electrons. The molecule has 1 saturated heterocycles. The molecule has 0 saturated carbocycles. The van der Waals surface area contributed by atoms with Gasteiger partial charge in [-0.2, -0.15) is 13.2 Å². The molecule has 2 heterocycles. The van der Waals surface area contributed by atoms with Gasteiger partial charge in [0.1, 0.15) is 5.69 Å². The molecule has 1 aromatic heterocycles. The third-order valence-corrected chi connectivity index (χ3v) is 3.47. The molecule has 0 aliphatic carbocycles. The zero-order valence-electron chi connectivity index (χ0n) is 10.9. The van der Waals surface area contributed by atoms with Crippen molar-refractivity contribution in [2.24, 2.45) is 5.92 Å². The number of carboxylic acid groups (broad SMARTS) is 1. The first-order valence-corrected chi connectivity index (χ1v) is 6.34. The number of likely N-dealkylation sites (tertiary alicyclic amines) is 1. The maximum Gasteiger partial charge on any atom is 0.391 e. The number of amides is 1. The van der Waals surface area contributed by atoms with E-state index in [2.05, 4.69) is 4.98 Å². The van der Waals surface area contributed by atoms with Gasteiger partial charge >= 0.3 is 12.1 Å². The summed E-state index contributed by atoms with van der Waals surface area (Å²) in [6.07, 6.45) is -3.33. The van der Waals surface area contributed by atoms with Gasteiger partial charge in [0.2, 0.25) is 0 Å². The van der Waals surface area contributed by atoms with Crippen LogP contribution in [0.2, 0.25) is 0 Å². The van der Waals surface area contributed by atoms with Crippen molar-refractivity contribution in [2.45, 2.75) is 19.0 Å². The van der Waals surface area contributed by atoms with Gasteiger partial charge in [0.25, 0.3) is 5.91 Å². The number of piperidine rings is 1. The number of aromatic carboxylic acids is 1. The molecule has 2 rings (SSSR count). The highest BCUT2D eigenvalue weighted by molar-refractivity contribution is 5.94. The predicted octanol–water partition coefficient (Wildman–Crippen LogP) is 2.19. The van der Waals surface area contributed by atoms with Crippen LogP contribution in [0, 0.1) is 5.92 Å². The number of carbonyl (C=O) groups is 2. The quantitative estimate of drug-likeness (QED) is 0.909. The number of hydrogen-bond acceptors (Lipinski definition) is 3. The molecule has 0 aromatic carbocycles. The van der Waals surface area contributed by atoms with Crippen LogP contribution in [-0.2, 0) is 0 Å². The van der Waals surface area contributed by atoms with Gasteiger partial charge in [0, 0.05) is 19.3 Å². The summed E-state index contributed by atoms with van der Waals surface area (Å²) >= 11 is 0. The second-order valence-corrected chi connectivity index (χ2v) is 4.85. The molecule has 1 fully saturated rings. The van der Waals surface area contributed by atoms with Crippen molar-refractivity contribution in [1.82, 2.24) is 9.88 Å². The highest BCUT2D eigenvalue weighted by atomic mass is 19.4. The minimum atomic E-state index is -4.22. The number of alkyl halides is 3. The number of aromatic nitrogens is 1. The molecule has 0 bridgehead atoms. The van der Waals surface area contributed by atoms with Crippen LogP contribution < -0.4 is 0 Å². The van der Waals surface area contributed by atoms with Gasteiger partial charge in [-0.1, -0.05) is 0 Å². The van der Waals surface area contributed by atoms with E-state index >= 15 is 0 Å². The lowest BCUT2D eigenvalue weighted by atomic mass is 9.96. The maximum absolute atomic E-state index is 12.5. The van der Waals surface area contributed by atoms with Crippen molar-refractivity contribution in [1.29, 1.82) is 0 Å². The highest BCUT2D eigenvalue weighted by Gasteiger charge is 2.41. The zero-order chi connectivity index (χ0) is 15.6. The summed E-state index contributed by atoms with van der Waals surface area (Å²) < 4.78 is 37.6. The fraction of sp³-hybridized carbons (Fsp3) is 0.462. The van der Waals surface area contributed by atoms with E-state index in [4.69, 9.17) is 5.11 Å². The van der Waals surface area contributed by atoms with Gasteiger partial charge in [-0.15, -0.1) is 0 Å². The van der Waals surface area contributed by atoms with Crippen molar-refractivity contribution < 1.29 is 27.9 Å². The third-order valence-electron chi connectivity index (χ3n) is 3.47. The Hall–Kier alpha value is -2.12. The molecule has 0 spiro atoms. The first-order chi connectivity index (χ1) is 9.79. The van der Waals surface area contributed by atoms with E-state index in [0.717, 1.165) is 6.20 Å². The number of nitrogens with zero attached hydrogens (tertiary/aromatic N) is 2. The Labute approximate surface area is 118 Å². The van der Waals surface area contributed by atoms with Crippen LogP contribution >= 0.6 is 0 Å². The van der Waals surface area contributed by atoms with E-state index < -0.39 is 24.0 Å². The second-order valence-electron chi connectivity index (χ2n) is 4.85. The number of halogens is 3. The van der Waals surface area contributed by atoms with Gasteiger partial charge in [0.05, 0.1) is 11.5 Å². The molecule has 1 N–H and O–H groups in total. The first-order valence-electron chi connectivity index (χ1n) is 6.34. The molecule has 0 atom stereocenters. The molecule has 1 aromatic rings. The van der Waals surface area contributed by atoms with Crippen LogP contribution in [0.5, 0.6) is 0 Å². The van der Waals surface area contributed by atoms with Gasteiger partial charge in [-0.3, -0.25) is 4.79 Å². The fourth-order valence-corrected chi connectivity index (χ4v) is 2.24. The SMILES string of the molecule is O=C(O)c1ccc(C(=O)N2CCC(C(F)(F)F)CC2)cn1. The van der Waals surface area contributed by atoms with E-state index in [9.17, 15) is 22.8 Å². The van der Waals surface area contributed by atoms with Gasteiger partial charge in [-0.05, 0) is 25.0 Å². The standard InChI is InChI=1S/C13H13F3N2O3/c14-13(15,16)9-3-5-18(6-4-9)11(19)8-1-2-10(12(20)21)17-7-8/h1-2,7,9H,3-6H2,(H,20,21). The molecule has 5 nitrogen and oxygen atoms in total. The van der Waals surface area contributed by atoms with Crippen LogP contribution in [0.3, 0.4) is 0 Å². The molecule has 21 heavy (non-hydrogen) atoms. The topological polar surface area (TPSA) is 70.5 Å². The summed E-state index contributed by atoms with van der Waals surface area (Å²) in [6.45, 7) is 0.0629. The summed E-state index contributed by atoms with van der Waals surface area (Å²) in [7, 11) is 0. The van der Waals surface area contributed by atoms with E-state index in [1.807, 2.05) is 0 Å². The van der Waals surface area contributed by atoms with Crippen molar-refractivity contribution in [2.75, 3.05) is 13.1 Å². The monoisotopic (exact) mass is 302 g/mol. The maximum atomic E-state index is 12.5. The Bertz CT molecular complexity index is 535. The Balaban J connectivity index is 2.00. The van der Waals surface area contributed by atoms with E-state index in [1.165, 1.54) is 17.0 Å². The van der Waals surface area contributed by atoms with Crippen LogP contribution in [0.1, 0.15) is 33.7 Å². The van der Waals surface area contributed by atoms with Crippen molar-refractivity contribution in [3.63, 3.8) is 0 Å². The molecule has 1 aliphatic rings. The Morgan fingerprint density at radius 2 is 1.86 bits per heavy atom. The Morgan fingerprint density at radius 3 is 2.29 bits per heavy atom. The lowest BCUT2D eigenvalue weighted by Crippen LogP contribution is -2.42. The Kier molecular flexibility index (Phi) is 4.15.